The van der Waals surface area contributed by atoms with Gasteiger partial charge in [0.15, 0.2) is 0 Å². The zero-order valence-corrected chi connectivity index (χ0v) is 18.0. The Morgan fingerprint density at radius 2 is 2.17 bits per heavy atom. The molecule has 2 aromatic carbocycles. The lowest BCUT2D eigenvalue weighted by Crippen LogP contribution is -2.40. The van der Waals surface area contributed by atoms with Crippen molar-refractivity contribution in [1.82, 2.24) is 14.9 Å². The van der Waals surface area contributed by atoms with Crippen molar-refractivity contribution in [2.24, 2.45) is 0 Å². The largest absolute Gasteiger partial charge is 0.480 e. The van der Waals surface area contributed by atoms with Gasteiger partial charge in [0.1, 0.15) is 6.04 Å². The molecule has 0 spiro atoms. The van der Waals surface area contributed by atoms with E-state index in [-0.39, 0.29) is 5.92 Å². The van der Waals surface area contributed by atoms with E-state index in [1.54, 1.807) is 11.3 Å². The molecule has 1 saturated heterocycles. The highest BCUT2D eigenvalue weighted by Crippen LogP contribution is 2.37. The minimum Gasteiger partial charge on any atom is -0.480 e. The number of benzene rings is 2. The summed E-state index contributed by atoms with van der Waals surface area (Å²) in [5.74, 6) is -0.541. The molecule has 1 fully saturated rings. The molecule has 2 atom stereocenters. The number of rotatable bonds is 4. The van der Waals surface area contributed by atoms with Crippen molar-refractivity contribution in [3.63, 3.8) is 0 Å². The van der Waals surface area contributed by atoms with E-state index in [2.05, 4.69) is 31.9 Å². The van der Waals surface area contributed by atoms with Gasteiger partial charge in [-0.3, -0.25) is 9.69 Å². The maximum Gasteiger partial charge on any atom is 0.325 e. The van der Waals surface area contributed by atoms with Crippen molar-refractivity contribution in [3.8, 4) is 0 Å². The van der Waals surface area contributed by atoms with Gasteiger partial charge in [-0.25, -0.2) is 4.98 Å². The summed E-state index contributed by atoms with van der Waals surface area (Å²) in [5.41, 5.74) is 2.80. The number of H-pyrrole nitrogens is 1. The van der Waals surface area contributed by atoms with Gasteiger partial charge >= 0.3 is 5.97 Å². The number of nitrogens with one attached hydrogen (secondary N) is 1. The lowest BCUT2D eigenvalue weighted by Gasteiger charge is -2.35. The maximum absolute atomic E-state index is 12.3. The van der Waals surface area contributed by atoms with Gasteiger partial charge in [0.05, 0.1) is 15.2 Å². The average molecular weight is 470 g/mol. The van der Waals surface area contributed by atoms with Gasteiger partial charge in [0.2, 0.25) is 0 Å². The third-order valence-electron chi connectivity index (χ3n) is 5.68. The number of hydrogen-bond donors (Lipinski definition) is 2. The molecule has 4 aromatic rings. The highest BCUT2D eigenvalue weighted by molar-refractivity contribution is 9.10. The minimum atomic E-state index is -0.807. The Kier molecular flexibility index (Phi) is 4.89. The van der Waals surface area contributed by atoms with E-state index in [9.17, 15) is 9.90 Å². The molecule has 0 radical (unpaired) electrons. The lowest BCUT2D eigenvalue weighted by molar-refractivity contribution is -0.144. The number of aromatic amines is 1. The van der Waals surface area contributed by atoms with Crippen LogP contribution in [0.4, 0.5) is 0 Å². The molecular weight excluding hydrogens is 450 g/mol. The van der Waals surface area contributed by atoms with Crippen LogP contribution in [0.3, 0.4) is 0 Å². The molecule has 5 rings (SSSR count). The number of thiazole rings is 1. The lowest BCUT2D eigenvalue weighted by atomic mass is 9.95. The molecule has 3 heterocycles. The monoisotopic (exact) mass is 469 g/mol. The number of halogens is 1. The minimum absolute atomic E-state index is 0.266. The molecule has 5 nitrogen and oxygen atoms in total. The molecule has 7 heteroatoms. The van der Waals surface area contributed by atoms with Crippen molar-refractivity contribution in [1.29, 1.82) is 0 Å². The summed E-state index contributed by atoms with van der Waals surface area (Å²) in [6.45, 7) is 1.49. The van der Waals surface area contributed by atoms with Crippen molar-refractivity contribution >= 4 is 54.4 Å². The standard InChI is InChI=1S/C22H20BrN3O2S/c23-14-7-8-15-16(11-24-18(15)10-14)20(22(27)28)26-9-3-4-13(12-26)21-25-17-5-1-2-6-19(17)29-21/h1-2,5-8,10-11,13,20,24H,3-4,9,12H2,(H,27,28). The van der Waals surface area contributed by atoms with Crippen molar-refractivity contribution in [3.05, 3.63) is 63.7 Å². The van der Waals surface area contributed by atoms with Crippen molar-refractivity contribution < 1.29 is 9.90 Å². The summed E-state index contributed by atoms with van der Waals surface area (Å²) >= 11 is 5.21. The van der Waals surface area contributed by atoms with E-state index in [1.807, 2.05) is 42.6 Å². The summed E-state index contributed by atoms with van der Waals surface area (Å²) < 4.78 is 2.16. The number of likely N-dealkylation sites (tertiary alicyclic amines) is 1. The molecule has 2 N–H and O–H groups in total. The molecule has 0 amide bonds. The van der Waals surface area contributed by atoms with Gasteiger partial charge < -0.3 is 10.1 Å². The molecular formula is C22H20BrN3O2S. The Balaban J connectivity index is 1.47. The van der Waals surface area contributed by atoms with Crippen LogP contribution in [-0.2, 0) is 4.79 Å². The van der Waals surface area contributed by atoms with Crippen LogP contribution in [-0.4, -0.2) is 39.0 Å². The number of carbonyl (C=O) groups is 1. The Labute approximate surface area is 180 Å². The summed E-state index contributed by atoms with van der Waals surface area (Å²) in [4.78, 5) is 22.5. The van der Waals surface area contributed by atoms with Crippen LogP contribution < -0.4 is 0 Å². The van der Waals surface area contributed by atoms with Crippen LogP contribution in [0, 0.1) is 0 Å². The third-order valence-corrected chi connectivity index (χ3v) is 7.37. The molecule has 148 valence electrons. The summed E-state index contributed by atoms with van der Waals surface area (Å²) in [6.07, 6.45) is 3.86. The highest BCUT2D eigenvalue weighted by Gasteiger charge is 2.34. The Morgan fingerprint density at radius 1 is 1.31 bits per heavy atom. The average Bonchev–Trinajstić information content (AvgIpc) is 3.32. The smallest absolute Gasteiger partial charge is 0.325 e. The number of nitrogens with zero attached hydrogens (tertiary/aromatic N) is 2. The number of carboxylic acid groups (broad SMARTS) is 1. The van der Waals surface area contributed by atoms with Crippen LogP contribution in [0.25, 0.3) is 21.1 Å². The molecule has 29 heavy (non-hydrogen) atoms. The fourth-order valence-electron chi connectivity index (χ4n) is 4.34. The van der Waals surface area contributed by atoms with Crippen LogP contribution in [0.2, 0.25) is 0 Å². The summed E-state index contributed by atoms with van der Waals surface area (Å²) in [6, 6.07) is 13.4. The molecule has 0 saturated carbocycles. The first-order chi connectivity index (χ1) is 14.1. The van der Waals surface area contributed by atoms with Gasteiger partial charge in [0, 0.05) is 39.6 Å². The molecule has 1 aliphatic heterocycles. The van der Waals surface area contributed by atoms with E-state index in [4.69, 9.17) is 4.98 Å². The van der Waals surface area contributed by atoms with Gasteiger partial charge in [-0.15, -0.1) is 11.3 Å². The predicted molar refractivity (Wildman–Crippen MR) is 120 cm³/mol. The predicted octanol–water partition coefficient (Wildman–Crippen LogP) is 5.55. The normalized spacial score (nSPS) is 19.0. The zero-order chi connectivity index (χ0) is 20.0. The Hall–Kier alpha value is -2.22. The summed E-state index contributed by atoms with van der Waals surface area (Å²) in [7, 11) is 0. The van der Waals surface area contributed by atoms with Crippen molar-refractivity contribution in [2.45, 2.75) is 24.8 Å². The number of piperidine rings is 1. The van der Waals surface area contributed by atoms with E-state index in [0.717, 1.165) is 50.8 Å². The van der Waals surface area contributed by atoms with E-state index >= 15 is 0 Å². The summed E-state index contributed by atoms with van der Waals surface area (Å²) in [5, 5.41) is 12.2. The molecule has 0 bridgehead atoms. The van der Waals surface area contributed by atoms with E-state index in [0.29, 0.717) is 6.54 Å². The van der Waals surface area contributed by atoms with Crippen LogP contribution in [0.15, 0.2) is 53.1 Å². The second-order valence-electron chi connectivity index (χ2n) is 7.53. The molecule has 0 aliphatic carbocycles. The quantitative estimate of drug-likeness (QED) is 0.411. The second-order valence-corrected chi connectivity index (χ2v) is 9.51. The SMILES string of the molecule is O=C(O)C(c1c[nH]c2cc(Br)ccc12)N1CCCC(c2nc3ccccc3s2)C1. The van der Waals surface area contributed by atoms with E-state index < -0.39 is 12.0 Å². The number of aromatic nitrogens is 2. The zero-order valence-electron chi connectivity index (χ0n) is 15.6. The topological polar surface area (TPSA) is 69.2 Å². The van der Waals surface area contributed by atoms with Gasteiger partial charge in [-0.05, 0) is 43.7 Å². The first kappa shape index (κ1) is 18.8. The number of fused-ring (bicyclic) bond motifs is 2. The van der Waals surface area contributed by atoms with Gasteiger partial charge in [-0.2, -0.15) is 0 Å². The van der Waals surface area contributed by atoms with E-state index in [1.165, 1.54) is 4.70 Å². The second kappa shape index (κ2) is 7.55. The molecule has 2 aromatic heterocycles. The highest BCUT2D eigenvalue weighted by atomic mass is 79.9. The number of carboxylic acids is 1. The van der Waals surface area contributed by atoms with Crippen LogP contribution >= 0.6 is 27.3 Å². The number of para-hydroxylation sites is 1. The number of hydrogen-bond acceptors (Lipinski definition) is 4. The third kappa shape index (κ3) is 3.47. The number of aliphatic carboxylic acids is 1. The van der Waals surface area contributed by atoms with Crippen molar-refractivity contribution in [2.75, 3.05) is 13.1 Å². The fourth-order valence-corrected chi connectivity index (χ4v) is 5.79. The molecule has 1 aliphatic rings. The maximum atomic E-state index is 12.3. The van der Waals surface area contributed by atoms with Crippen LogP contribution in [0.5, 0.6) is 0 Å². The first-order valence-corrected chi connectivity index (χ1v) is 11.3. The fraction of sp³-hybridized carbons (Fsp3) is 0.273. The Bertz CT molecular complexity index is 1170. The molecule has 2 unspecified atom stereocenters. The van der Waals surface area contributed by atoms with Crippen LogP contribution in [0.1, 0.15) is 35.4 Å². The first-order valence-electron chi connectivity index (χ1n) is 9.69. The van der Waals surface area contributed by atoms with Gasteiger partial charge in [-0.1, -0.05) is 34.1 Å². The van der Waals surface area contributed by atoms with Gasteiger partial charge in [0.25, 0.3) is 0 Å². The Morgan fingerprint density at radius 3 is 3.00 bits per heavy atom.